The molecule has 7 heteroatoms. The molecule has 2 rings (SSSR count). The molecule has 2 N–H and O–H groups in total. The van der Waals surface area contributed by atoms with E-state index in [9.17, 15) is 0 Å². The summed E-state index contributed by atoms with van der Waals surface area (Å²) in [6.07, 6.45) is 0. The van der Waals surface area contributed by atoms with Gasteiger partial charge < -0.3 is 20.3 Å². The topological polar surface area (TPSA) is 48.9 Å². The second-order valence-electron chi connectivity index (χ2n) is 6.36. The van der Waals surface area contributed by atoms with Crippen LogP contribution in [0, 0.1) is 6.92 Å². The van der Waals surface area contributed by atoms with Gasteiger partial charge in [0, 0.05) is 22.8 Å². The van der Waals surface area contributed by atoms with Crippen molar-refractivity contribution >= 4 is 41.3 Å². The zero-order chi connectivity index (χ0) is 18.8. The molecule has 1 aromatic carbocycles. The van der Waals surface area contributed by atoms with Gasteiger partial charge in [0.2, 0.25) is 0 Å². The number of nitrogens with zero attached hydrogens (tertiary/aromatic N) is 2. The summed E-state index contributed by atoms with van der Waals surface area (Å²) >= 11 is 1.81. The van der Waals surface area contributed by atoms with E-state index in [1.807, 2.05) is 37.6 Å². The van der Waals surface area contributed by atoms with Gasteiger partial charge in [0.25, 0.3) is 0 Å². The molecule has 0 unspecified atom stereocenters. The molecule has 27 heavy (non-hydrogen) atoms. The van der Waals surface area contributed by atoms with E-state index < -0.39 is 0 Å². The number of benzene rings is 1. The lowest BCUT2D eigenvalue weighted by Gasteiger charge is -2.12. The van der Waals surface area contributed by atoms with Crippen molar-refractivity contribution in [2.24, 2.45) is 4.99 Å². The van der Waals surface area contributed by atoms with E-state index in [0.29, 0.717) is 13.2 Å². The second kappa shape index (κ2) is 13.0. The van der Waals surface area contributed by atoms with Gasteiger partial charge in [0.15, 0.2) is 5.96 Å². The number of hydrogen-bond donors (Lipinski definition) is 2. The number of halogens is 1. The van der Waals surface area contributed by atoms with Crippen LogP contribution in [0.25, 0.3) is 0 Å². The maximum atomic E-state index is 5.80. The van der Waals surface area contributed by atoms with Gasteiger partial charge >= 0.3 is 0 Å². The van der Waals surface area contributed by atoms with Crippen LogP contribution in [0.5, 0.6) is 5.75 Å². The molecular weight excluding hydrogens is 471 g/mol. The zero-order valence-electron chi connectivity index (χ0n) is 16.6. The van der Waals surface area contributed by atoms with Crippen LogP contribution in [0.3, 0.4) is 0 Å². The van der Waals surface area contributed by atoms with Crippen LogP contribution in [0.4, 0.5) is 0 Å². The van der Waals surface area contributed by atoms with Crippen LogP contribution >= 0.6 is 35.3 Å². The Morgan fingerprint density at radius 1 is 1.19 bits per heavy atom. The molecule has 2 aromatic rings. The largest absolute Gasteiger partial charge is 0.492 e. The summed E-state index contributed by atoms with van der Waals surface area (Å²) in [5.41, 5.74) is 1.14. The first kappa shape index (κ1) is 23.7. The van der Waals surface area contributed by atoms with Gasteiger partial charge in [-0.05, 0) is 57.8 Å². The highest BCUT2D eigenvalue weighted by atomic mass is 127. The van der Waals surface area contributed by atoms with E-state index in [1.165, 1.54) is 9.75 Å². The van der Waals surface area contributed by atoms with Crippen molar-refractivity contribution in [3.8, 4) is 5.75 Å². The molecule has 0 atom stereocenters. The number of hydrogen-bond acceptors (Lipinski definition) is 4. The molecule has 0 aliphatic rings. The molecule has 0 aliphatic heterocycles. The number of rotatable bonds is 9. The molecule has 150 valence electrons. The van der Waals surface area contributed by atoms with Gasteiger partial charge in [0.05, 0.1) is 13.1 Å². The Kier molecular flexibility index (Phi) is 11.4. The summed E-state index contributed by atoms with van der Waals surface area (Å²) in [5.74, 6) is 1.73. The minimum atomic E-state index is 0. The molecule has 0 aliphatic carbocycles. The highest BCUT2D eigenvalue weighted by molar-refractivity contribution is 14.0. The number of ether oxygens (including phenoxy) is 1. The SMILES string of the molecule is CCNC(=NCc1cccc(OCCN(C)C)c1)NCc1ccc(C)s1.I. The predicted octanol–water partition coefficient (Wildman–Crippen LogP) is 3.87. The molecule has 0 amide bonds. The maximum Gasteiger partial charge on any atom is 0.191 e. The first-order valence-electron chi connectivity index (χ1n) is 9.00. The average Bonchev–Trinajstić information content (AvgIpc) is 3.03. The molecule has 1 heterocycles. The lowest BCUT2D eigenvalue weighted by molar-refractivity contribution is 0.261. The Morgan fingerprint density at radius 3 is 2.67 bits per heavy atom. The summed E-state index contributed by atoms with van der Waals surface area (Å²) in [7, 11) is 4.09. The van der Waals surface area contributed by atoms with Gasteiger partial charge in [-0.3, -0.25) is 0 Å². The quantitative estimate of drug-likeness (QED) is 0.311. The number of aryl methyl sites for hydroxylation is 1. The number of aliphatic imine (C=N–C) groups is 1. The van der Waals surface area contributed by atoms with Crippen LogP contribution in [0.2, 0.25) is 0 Å². The molecule has 0 radical (unpaired) electrons. The molecule has 0 saturated heterocycles. The Morgan fingerprint density at radius 2 is 2.00 bits per heavy atom. The normalized spacial score (nSPS) is 11.2. The van der Waals surface area contributed by atoms with Crippen molar-refractivity contribution in [2.45, 2.75) is 26.9 Å². The predicted molar refractivity (Wildman–Crippen MR) is 127 cm³/mol. The fraction of sp³-hybridized carbons (Fsp3) is 0.450. The Labute approximate surface area is 184 Å². The van der Waals surface area contributed by atoms with Crippen LogP contribution in [-0.4, -0.2) is 44.7 Å². The van der Waals surface area contributed by atoms with Gasteiger partial charge in [-0.15, -0.1) is 35.3 Å². The van der Waals surface area contributed by atoms with E-state index in [-0.39, 0.29) is 24.0 Å². The third-order valence-electron chi connectivity index (χ3n) is 3.70. The van der Waals surface area contributed by atoms with Gasteiger partial charge in [-0.1, -0.05) is 12.1 Å². The smallest absolute Gasteiger partial charge is 0.191 e. The van der Waals surface area contributed by atoms with Crippen LogP contribution in [-0.2, 0) is 13.1 Å². The molecule has 5 nitrogen and oxygen atoms in total. The zero-order valence-corrected chi connectivity index (χ0v) is 19.8. The summed E-state index contributed by atoms with van der Waals surface area (Å²) in [6.45, 7) is 8.03. The van der Waals surface area contributed by atoms with Gasteiger partial charge in [-0.2, -0.15) is 0 Å². The Balaban J connectivity index is 0.00000364. The number of nitrogens with one attached hydrogen (secondary N) is 2. The fourth-order valence-electron chi connectivity index (χ4n) is 2.34. The first-order chi connectivity index (χ1) is 12.6. The minimum absolute atomic E-state index is 0. The van der Waals surface area contributed by atoms with Crippen molar-refractivity contribution in [3.63, 3.8) is 0 Å². The number of thiophene rings is 1. The third-order valence-corrected chi connectivity index (χ3v) is 4.70. The summed E-state index contributed by atoms with van der Waals surface area (Å²) in [4.78, 5) is 9.44. The average molecular weight is 502 g/mol. The first-order valence-corrected chi connectivity index (χ1v) is 9.82. The van der Waals surface area contributed by atoms with E-state index in [0.717, 1.165) is 36.9 Å². The lowest BCUT2D eigenvalue weighted by Crippen LogP contribution is -2.36. The molecular formula is C20H31IN4OS. The van der Waals surface area contributed by atoms with Crippen molar-refractivity contribution in [2.75, 3.05) is 33.8 Å². The fourth-order valence-corrected chi connectivity index (χ4v) is 3.17. The van der Waals surface area contributed by atoms with E-state index >= 15 is 0 Å². The van der Waals surface area contributed by atoms with E-state index in [2.05, 4.69) is 53.6 Å². The highest BCUT2D eigenvalue weighted by Crippen LogP contribution is 2.15. The molecule has 0 saturated carbocycles. The lowest BCUT2D eigenvalue weighted by atomic mass is 10.2. The standard InChI is InChI=1S/C20H30N4OS.HI/c1-5-21-20(23-15-19-10-9-16(2)26-19)22-14-17-7-6-8-18(13-17)25-12-11-24(3)4;/h6-10,13H,5,11-12,14-15H2,1-4H3,(H2,21,22,23);1H. The summed E-state index contributed by atoms with van der Waals surface area (Å²) < 4.78 is 5.80. The third kappa shape index (κ3) is 9.44. The van der Waals surface area contributed by atoms with Gasteiger partial charge in [0.1, 0.15) is 12.4 Å². The monoisotopic (exact) mass is 502 g/mol. The van der Waals surface area contributed by atoms with Crippen LogP contribution < -0.4 is 15.4 Å². The van der Waals surface area contributed by atoms with E-state index in [4.69, 9.17) is 9.73 Å². The summed E-state index contributed by atoms with van der Waals surface area (Å²) in [5, 5.41) is 6.69. The maximum absolute atomic E-state index is 5.80. The highest BCUT2D eigenvalue weighted by Gasteiger charge is 2.02. The number of likely N-dealkylation sites (N-methyl/N-ethyl adjacent to an activating group) is 1. The molecule has 0 fully saturated rings. The van der Waals surface area contributed by atoms with Crippen molar-refractivity contribution in [1.82, 2.24) is 15.5 Å². The molecule has 0 bridgehead atoms. The van der Waals surface area contributed by atoms with Gasteiger partial charge in [-0.25, -0.2) is 4.99 Å². The summed E-state index contributed by atoms with van der Waals surface area (Å²) in [6, 6.07) is 12.5. The molecule has 0 spiro atoms. The van der Waals surface area contributed by atoms with E-state index in [1.54, 1.807) is 0 Å². The molecule has 1 aromatic heterocycles. The number of guanidine groups is 1. The minimum Gasteiger partial charge on any atom is -0.492 e. The second-order valence-corrected chi connectivity index (χ2v) is 7.73. The Hall–Kier alpha value is -1.32. The Bertz CT molecular complexity index is 703. The van der Waals surface area contributed by atoms with Crippen LogP contribution in [0.1, 0.15) is 22.2 Å². The van der Waals surface area contributed by atoms with Crippen molar-refractivity contribution in [1.29, 1.82) is 0 Å². The van der Waals surface area contributed by atoms with Crippen molar-refractivity contribution < 1.29 is 4.74 Å². The van der Waals surface area contributed by atoms with Crippen molar-refractivity contribution in [3.05, 3.63) is 51.7 Å². The van der Waals surface area contributed by atoms with Crippen LogP contribution in [0.15, 0.2) is 41.4 Å².